The standard InChI is InChI=1S/C3H5.3CHO.Co/c1-3-2;3*1-2;/h3H,1-2H2;3*1H;. The molecule has 0 aliphatic carbocycles. The van der Waals surface area contributed by atoms with Crippen LogP contribution in [0.4, 0.5) is 0 Å². The molecule has 3 nitrogen and oxygen atoms in total. The first-order valence-electron chi connectivity index (χ1n) is 2.34. The third-order valence-electron chi connectivity index (χ3n) is 0.771. The third kappa shape index (κ3) is 1.89. The van der Waals surface area contributed by atoms with Gasteiger partial charge in [-0.25, -0.2) is 0 Å². The summed E-state index contributed by atoms with van der Waals surface area (Å²) in [5, 5.41) is 1.49. The molecule has 0 atom stereocenters. The zero-order valence-corrected chi connectivity index (χ0v) is 6.32. The minimum atomic E-state index is -2.58. The normalized spacial score (nSPS) is 11.6. The molecule has 0 N–H and O–H groups in total. The van der Waals surface area contributed by atoms with E-state index in [4.69, 9.17) is 0 Å². The van der Waals surface area contributed by atoms with Crippen molar-refractivity contribution in [3.8, 4) is 0 Å². The van der Waals surface area contributed by atoms with E-state index in [-0.39, 0.29) is 5.36 Å². The van der Waals surface area contributed by atoms with Crippen LogP contribution in [0.3, 0.4) is 0 Å². The van der Waals surface area contributed by atoms with Crippen molar-refractivity contribution < 1.29 is 27.0 Å². The molecule has 0 aliphatic heterocycles. The van der Waals surface area contributed by atoms with Gasteiger partial charge in [0.25, 0.3) is 0 Å². The van der Waals surface area contributed by atoms with Gasteiger partial charge in [0.05, 0.1) is 0 Å². The molecule has 0 bridgehead atoms. The molecule has 10 heavy (non-hydrogen) atoms. The Morgan fingerprint density at radius 1 is 1.10 bits per heavy atom. The van der Waals surface area contributed by atoms with E-state index in [9.17, 15) is 14.4 Å². The van der Waals surface area contributed by atoms with E-state index in [1.807, 2.05) is 0 Å². The van der Waals surface area contributed by atoms with Gasteiger partial charge in [0.15, 0.2) is 0 Å². The van der Waals surface area contributed by atoms with Crippen molar-refractivity contribution in [1.82, 2.24) is 0 Å². The Kier molecular flexibility index (Phi) is 3.83. The molecule has 0 radical (unpaired) electrons. The van der Waals surface area contributed by atoms with Crippen LogP contribution in [0.2, 0.25) is 5.36 Å². The van der Waals surface area contributed by atoms with Gasteiger partial charge in [0, 0.05) is 0 Å². The fraction of sp³-hybridized carbons (Fsp3) is 0.167. The van der Waals surface area contributed by atoms with Crippen molar-refractivity contribution in [2.45, 2.75) is 5.36 Å². The Morgan fingerprint density at radius 2 is 1.50 bits per heavy atom. The Morgan fingerprint density at radius 3 is 1.60 bits per heavy atom. The van der Waals surface area contributed by atoms with E-state index in [2.05, 4.69) is 6.58 Å². The van der Waals surface area contributed by atoms with E-state index in [1.165, 1.54) is 6.08 Å². The van der Waals surface area contributed by atoms with Crippen LogP contribution in [0, 0.1) is 0 Å². The topological polar surface area (TPSA) is 51.2 Å². The summed E-state index contributed by atoms with van der Waals surface area (Å²) in [6.45, 7) is 3.34. The molecule has 0 amide bonds. The molecule has 0 saturated carbocycles. The van der Waals surface area contributed by atoms with Crippen molar-refractivity contribution in [1.29, 1.82) is 0 Å². The maximum absolute atomic E-state index is 10.2. The van der Waals surface area contributed by atoms with Gasteiger partial charge in [0.2, 0.25) is 0 Å². The van der Waals surface area contributed by atoms with Crippen LogP contribution in [0.15, 0.2) is 12.7 Å². The van der Waals surface area contributed by atoms with Crippen LogP contribution < -0.4 is 0 Å². The van der Waals surface area contributed by atoms with Gasteiger partial charge in [-0.15, -0.1) is 0 Å². The average molecular weight is 187 g/mol. The monoisotopic (exact) mass is 187 g/mol. The van der Waals surface area contributed by atoms with Gasteiger partial charge in [-0.2, -0.15) is 0 Å². The van der Waals surface area contributed by atoms with E-state index in [0.717, 1.165) is 0 Å². The molecule has 0 aromatic rings. The van der Waals surface area contributed by atoms with Crippen LogP contribution in [-0.4, -0.2) is 15.7 Å². The quantitative estimate of drug-likeness (QED) is 0.459. The molecule has 0 saturated heterocycles. The Hall–Kier alpha value is -0.744. The van der Waals surface area contributed by atoms with Crippen LogP contribution in [-0.2, 0) is 27.0 Å². The van der Waals surface area contributed by atoms with Gasteiger partial charge in [0.1, 0.15) is 0 Å². The van der Waals surface area contributed by atoms with E-state index < -0.39 is 12.6 Å². The molecule has 0 rings (SSSR count). The predicted molar refractivity (Wildman–Crippen MR) is 35.3 cm³/mol. The summed E-state index contributed by atoms with van der Waals surface area (Å²) >= 11 is -2.58. The van der Waals surface area contributed by atoms with E-state index in [1.54, 1.807) is 0 Å². The molecule has 59 valence electrons. The summed E-state index contributed by atoms with van der Waals surface area (Å²) in [6, 6.07) is 0. The van der Waals surface area contributed by atoms with E-state index >= 15 is 0 Å². The minimum absolute atomic E-state index is 0.182. The first-order chi connectivity index (χ1) is 4.74. The van der Waals surface area contributed by atoms with Crippen LogP contribution in [0.25, 0.3) is 0 Å². The summed E-state index contributed by atoms with van der Waals surface area (Å²) in [6.07, 6.45) is 1.41. The van der Waals surface area contributed by atoms with Crippen molar-refractivity contribution in [2.75, 3.05) is 0 Å². The fourth-order valence-electron chi connectivity index (χ4n) is 0.318. The second kappa shape index (κ2) is 4.13. The van der Waals surface area contributed by atoms with Crippen LogP contribution in [0.1, 0.15) is 0 Å². The summed E-state index contributed by atoms with van der Waals surface area (Å²) in [5.74, 6) is 0. The molecule has 0 unspecified atom stereocenters. The van der Waals surface area contributed by atoms with Crippen LogP contribution >= 0.6 is 0 Å². The third-order valence-corrected chi connectivity index (χ3v) is 3.18. The molecule has 0 spiro atoms. The van der Waals surface area contributed by atoms with Crippen molar-refractivity contribution >= 4 is 15.7 Å². The van der Waals surface area contributed by atoms with E-state index in [0.29, 0.717) is 15.7 Å². The summed E-state index contributed by atoms with van der Waals surface area (Å²) in [4.78, 5) is 30.7. The Labute approximate surface area is 61.3 Å². The number of carbonyl (C=O) groups is 3. The van der Waals surface area contributed by atoms with Crippen LogP contribution in [0.5, 0.6) is 0 Å². The molecule has 0 aliphatic rings. The second-order valence-electron chi connectivity index (χ2n) is 1.40. The zero-order chi connectivity index (χ0) is 8.04. The Bertz CT molecular complexity index is 143. The Balaban J connectivity index is 4.43. The first-order valence-corrected chi connectivity index (χ1v) is 4.88. The van der Waals surface area contributed by atoms with Gasteiger partial charge in [-0.05, 0) is 0 Å². The molecule has 4 heteroatoms. The molecule has 0 fully saturated rings. The number of allylic oxidation sites excluding steroid dienone is 1. The summed E-state index contributed by atoms with van der Waals surface area (Å²) in [5.41, 5.74) is 0. The van der Waals surface area contributed by atoms with Gasteiger partial charge in [-0.1, -0.05) is 0 Å². The average Bonchev–Trinajstić information content (AvgIpc) is 2.01. The molecule has 0 aromatic carbocycles. The van der Waals surface area contributed by atoms with Crippen molar-refractivity contribution in [3.63, 3.8) is 0 Å². The van der Waals surface area contributed by atoms with Gasteiger partial charge >= 0.3 is 60.7 Å². The number of carbonyl (C=O) groups excluding carboxylic acids is 3. The molecule has 0 heterocycles. The number of hydrogen-bond donors (Lipinski definition) is 0. The first kappa shape index (κ1) is 9.26. The zero-order valence-electron chi connectivity index (χ0n) is 5.28. The molecular formula is C6H8CoO3. The summed E-state index contributed by atoms with van der Waals surface area (Å²) in [7, 11) is 0. The number of hydrogen-bond acceptors (Lipinski definition) is 3. The van der Waals surface area contributed by atoms with Crippen molar-refractivity contribution in [2.24, 2.45) is 0 Å². The number of rotatable bonds is 5. The van der Waals surface area contributed by atoms with Gasteiger partial charge < -0.3 is 0 Å². The molecule has 0 aromatic heterocycles. The van der Waals surface area contributed by atoms with Gasteiger partial charge in [-0.3, -0.25) is 0 Å². The maximum atomic E-state index is 10.2. The SMILES string of the molecule is C=C[CH2][Co]([CH]=O)([CH]=O)[CH]=O. The molecular weight excluding hydrogens is 179 g/mol. The predicted octanol–water partition coefficient (Wildman–Crippen LogP) is 0.315. The van der Waals surface area contributed by atoms with Crippen molar-refractivity contribution in [3.05, 3.63) is 12.7 Å². The second-order valence-corrected chi connectivity index (χ2v) is 4.88. The fourth-order valence-corrected chi connectivity index (χ4v) is 1.31. The summed E-state index contributed by atoms with van der Waals surface area (Å²) < 4.78 is 0.